The van der Waals surface area contributed by atoms with Crippen molar-refractivity contribution >= 4 is 28.7 Å². The van der Waals surface area contributed by atoms with Gasteiger partial charge >= 0.3 is 6.03 Å². The zero-order chi connectivity index (χ0) is 21.5. The molecule has 2 amide bonds. The lowest BCUT2D eigenvalue weighted by molar-refractivity contribution is -0.0950. The number of carbonyl (C=O) groups is 1. The highest BCUT2D eigenvalue weighted by molar-refractivity contribution is 6.03. The van der Waals surface area contributed by atoms with Crippen molar-refractivity contribution in [3.8, 4) is 0 Å². The van der Waals surface area contributed by atoms with Crippen molar-refractivity contribution < 1.29 is 30.1 Å². The molecule has 0 bridgehead atoms. The number of carbonyl (C=O) groups excluding carboxylic acids is 1. The van der Waals surface area contributed by atoms with Crippen LogP contribution in [0.4, 0.5) is 16.3 Å². The average Bonchev–Trinajstić information content (AvgIpc) is 3.26. The molecule has 1 aromatic carbocycles. The highest BCUT2D eigenvalue weighted by atomic mass is 16.6. The van der Waals surface area contributed by atoms with Crippen LogP contribution in [0.3, 0.4) is 0 Å². The fourth-order valence-electron chi connectivity index (χ4n) is 3.35. The number of anilines is 2. The van der Waals surface area contributed by atoms with Crippen molar-refractivity contribution in [3.05, 3.63) is 43.0 Å². The normalized spacial score (nSPS) is 26.1. The first-order chi connectivity index (χ1) is 14.3. The van der Waals surface area contributed by atoms with E-state index in [1.54, 1.807) is 30.3 Å². The predicted octanol–water partition coefficient (Wildman–Crippen LogP) is 0.256. The maximum absolute atomic E-state index is 12.4. The van der Waals surface area contributed by atoms with Crippen LogP contribution in [0.25, 0.3) is 11.2 Å². The minimum Gasteiger partial charge on any atom is -0.394 e. The third kappa shape index (κ3) is 3.26. The van der Waals surface area contributed by atoms with Crippen LogP contribution in [0.1, 0.15) is 13.2 Å². The summed E-state index contributed by atoms with van der Waals surface area (Å²) in [5.41, 5.74) is -1.08. The molecular weight excluding hydrogens is 396 g/mol. The van der Waals surface area contributed by atoms with E-state index in [-0.39, 0.29) is 17.0 Å². The molecule has 4 rings (SSSR count). The monoisotopic (exact) mass is 416 g/mol. The van der Waals surface area contributed by atoms with Crippen LogP contribution >= 0.6 is 0 Å². The molecule has 1 saturated heterocycles. The highest BCUT2D eigenvalue weighted by Gasteiger charge is 2.53. The van der Waals surface area contributed by atoms with E-state index in [0.717, 1.165) is 6.33 Å². The van der Waals surface area contributed by atoms with Crippen molar-refractivity contribution in [3.63, 3.8) is 0 Å². The Morgan fingerprint density at radius 2 is 2.03 bits per heavy atom. The van der Waals surface area contributed by atoms with Crippen LogP contribution in [-0.4, -0.2) is 70.5 Å². The summed E-state index contributed by atoms with van der Waals surface area (Å²) in [6, 6.07) is 7.67. The fourth-order valence-corrected chi connectivity index (χ4v) is 3.35. The Morgan fingerprint density at radius 3 is 2.70 bits per heavy atom. The topological polar surface area (TPSA) is 166 Å². The summed E-state index contributed by atoms with van der Waals surface area (Å²) in [7, 11) is 0. The highest BCUT2D eigenvalue weighted by Crippen LogP contribution is 2.39. The first kappa shape index (κ1) is 20.1. The van der Waals surface area contributed by atoms with Gasteiger partial charge in [0.25, 0.3) is 0 Å². The first-order valence-corrected chi connectivity index (χ1v) is 9.04. The molecule has 1 aliphatic heterocycles. The lowest BCUT2D eigenvalue weighted by Gasteiger charge is -2.27. The molecule has 12 nitrogen and oxygen atoms in total. The Bertz CT molecular complexity index is 1060. The summed E-state index contributed by atoms with van der Waals surface area (Å²) in [5, 5.41) is 43.5. The smallest absolute Gasteiger partial charge is 0.351 e. The molecule has 0 aliphatic carbocycles. The van der Waals surface area contributed by atoms with Crippen molar-refractivity contribution in [1.29, 1.82) is 0 Å². The third-order valence-electron chi connectivity index (χ3n) is 4.94. The van der Waals surface area contributed by atoms with Gasteiger partial charge in [0, 0.05) is 5.69 Å². The van der Waals surface area contributed by atoms with E-state index in [4.69, 9.17) is 4.74 Å². The lowest BCUT2D eigenvalue weighted by Crippen LogP contribution is -2.44. The summed E-state index contributed by atoms with van der Waals surface area (Å²) < 4.78 is 6.91. The van der Waals surface area contributed by atoms with Gasteiger partial charge in [0.1, 0.15) is 24.1 Å². The molecule has 0 saturated carbocycles. The fraction of sp³-hybridized carbons (Fsp3) is 0.333. The van der Waals surface area contributed by atoms with Crippen molar-refractivity contribution in [2.45, 2.75) is 31.0 Å². The van der Waals surface area contributed by atoms with E-state index in [2.05, 4.69) is 20.3 Å². The van der Waals surface area contributed by atoms with Crippen molar-refractivity contribution in [1.82, 2.24) is 19.5 Å². The summed E-state index contributed by atoms with van der Waals surface area (Å²) in [6.07, 6.45) is -1.09. The van der Waals surface area contributed by atoms with Crippen molar-refractivity contribution in [2.75, 3.05) is 17.0 Å². The molecule has 0 spiro atoms. The number of ether oxygens (including phenoxy) is 1. The average molecular weight is 416 g/mol. The second-order valence-corrected chi connectivity index (χ2v) is 7.01. The summed E-state index contributed by atoms with van der Waals surface area (Å²) >= 11 is 0. The number of hydrogen-bond acceptors (Lipinski definition) is 9. The van der Waals surface area contributed by atoms with Crippen LogP contribution in [0, 0.1) is 0 Å². The van der Waals surface area contributed by atoms with Crippen LogP contribution in [0.5, 0.6) is 0 Å². The molecule has 1 aliphatic rings. The second kappa shape index (κ2) is 7.59. The first-order valence-electron chi connectivity index (χ1n) is 9.04. The quantitative estimate of drug-likeness (QED) is 0.296. The van der Waals surface area contributed by atoms with E-state index in [1.165, 1.54) is 17.8 Å². The number of benzene rings is 1. The van der Waals surface area contributed by atoms with Crippen LogP contribution in [0.15, 0.2) is 43.0 Å². The number of urea groups is 1. The van der Waals surface area contributed by atoms with Crippen LogP contribution < -0.4 is 10.4 Å². The molecular formula is C18H20N6O6. The lowest BCUT2D eigenvalue weighted by atomic mass is 9.96. The number of nitrogens with one attached hydrogen (secondary N) is 1. The molecule has 1 unspecified atom stereocenters. The van der Waals surface area contributed by atoms with Gasteiger partial charge in [-0.1, -0.05) is 18.2 Å². The number of aromatic nitrogens is 4. The molecule has 0 radical (unpaired) electrons. The number of hydroxylamine groups is 1. The van der Waals surface area contributed by atoms with Gasteiger partial charge < -0.3 is 25.4 Å². The minimum atomic E-state index is -1.75. The predicted molar refractivity (Wildman–Crippen MR) is 103 cm³/mol. The Morgan fingerprint density at radius 1 is 1.30 bits per heavy atom. The molecule has 3 heterocycles. The van der Waals surface area contributed by atoms with Crippen molar-refractivity contribution in [2.24, 2.45) is 0 Å². The van der Waals surface area contributed by atoms with Gasteiger partial charge in [-0.3, -0.25) is 9.77 Å². The van der Waals surface area contributed by atoms with Gasteiger partial charge in [0.05, 0.1) is 12.9 Å². The Kier molecular flexibility index (Phi) is 5.09. The van der Waals surface area contributed by atoms with E-state index in [9.17, 15) is 25.3 Å². The largest absolute Gasteiger partial charge is 0.394 e. The summed E-state index contributed by atoms with van der Waals surface area (Å²) in [5.74, 6) is -0.191. The molecule has 158 valence electrons. The molecule has 3 aromatic rings. The number of hydrogen-bond donors (Lipinski definition) is 5. The minimum absolute atomic E-state index is 0.0598. The van der Waals surface area contributed by atoms with Gasteiger partial charge in [-0.15, -0.1) is 0 Å². The maximum atomic E-state index is 12.4. The van der Waals surface area contributed by atoms with Crippen LogP contribution in [0.2, 0.25) is 0 Å². The molecule has 12 heteroatoms. The zero-order valence-electron chi connectivity index (χ0n) is 15.8. The third-order valence-corrected chi connectivity index (χ3v) is 4.94. The molecule has 4 atom stereocenters. The Balaban J connectivity index is 1.66. The number of nitrogens with zero attached hydrogens (tertiary/aromatic N) is 5. The number of aliphatic hydroxyl groups is 3. The number of amides is 2. The van der Waals surface area contributed by atoms with Gasteiger partial charge in [0.15, 0.2) is 23.2 Å². The summed E-state index contributed by atoms with van der Waals surface area (Å²) in [4.78, 5) is 24.6. The Hall–Kier alpha value is -3.16. The maximum Gasteiger partial charge on any atom is 0.351 e. The number of aliphatic hydroxyl groups excluding tert-OH is 2. The number of rotatable bonds is 4. The molecule has 30 heavy (non-hydrogen) atoms. The molecule has 5 N–H and O–H groups in total. The van der Waals surface area contributed by atoms with E-state index in [0.29, 0.717) is 10.8 Å². The van der Waals surface area contributed by atoms with E-state index >= 15 is 0 Å². The van der Waals surface area contributed by atoms with Crippen LogP contribution in [-0.2, 0) is 4.74 Å². The van der Waals surface area contributed by atoms with Gasteiger partial charge in [-0.2, -0.15) is 5.06 Å². The zero-order valence-corrected chi connectivity index (χ0v) is 15.8. The van der Waals surface area contributed by atoms with Gasteiger partial charge in [-0.25, -0.2) is 19.7 Å². The molecule has 2 aromatic heterocycles. The number of para-hydroxylation sites is 1. The second-order valence-electron chi connectivity index (χ2n) is 7.01. The number of fused-ring (bicyclic) bond motifs is 1. The molecule has 1 fully saturated rings. The van der Waals surface area contributed by atoms with Gasteiger partial charge in [-0.05, 0) is 19.1 Å². The Labute approximate surface area is 170 Å². The van der Waals surface area contributed by atoms with Gasteiger partial charge in [0.2, 0.25) is 0 Å². The number of imidazole rings is 1. The summed E-state index contributed by atoms with van der Waals surface area (Å²) in [6.45, 7) is 0.863. The standard InChI is InChI=1S/C18H20N6O6/c1-18(28)13(26)11(7-25)30-16(18)23-9-21-12-14(23)19-8-20-15(12)24(29)17(27)22-10-5-3-2-4-6-10/h2-6,8-9,11,13,16,25-26,28-29H,7H2,1H3,(H,22,27)/t11-,13-,16?,18-/m1/s1. The SMILES string of the molecule is C[C@]1(O)C(n2cnc3c(N(O)C(=O)Nc4ccccc4)ncnc32)O[C@H](CO)[C@H]1O. The van der Waals surface area contributed by atoms with E-state index < -0.39 is 36.7 Å². The van der Waals surface area contributed by atoms with E-state index in [1.807, 2.05) is 0 Å².